The summed E-state index contributed by atoms with van der Waals surface area (Å²) in [6.07, 6.45) is -4.29. The van der Waals surface area contributed by atoms with Crippen molar-refractivity contribution in [3.63, 3.8) is 0 Å². The first kappa shape index (κ1) is 26.5. The number of anilines is 2. The topological polar surface area (TPSA) is 109 Å². The number of halogens is 5. The molecule has 0 spiro atoms. The highest BCUT2D eigenvalue weighted by Gasteiger charge is 2.42. The number of piperidine rings is 1. The zero-order valence-corrected chi connectivity index (χ0v) is 20.5. The first-order chi connectivity index (χ1) is 18.4. The first-order valence-electron chi connectivity index (χ1n) is 12.1. The van der Waals surface area contributed by atoms with Crippen LogP contribution in [0.25, 0.3) is 0 Å². The summed E-state index contributed by atoms with van der Waals surface area (Å²) in [5.41, 5.74) is 0.731. The van der Waals surface area contributed by atoms with Gasteiger partial charge in [0.1, 0.15) is 23.1 Å². The van der Waals surface area contributed by atoms with E-state index in [1.165, 1.54) is 6.07 Å². The molecule has 2 aromatic carbocycles. The lowest BCUT2D eigenvalue weighted by Gasteiger charge is -2.48. The Hall–Kier alpha value is -4.10. The van der Waals surface area contributed by atoms with Crippen LogP contribution < -0.4 is 30.3 Å². The Balaban J connectivity index is 1.27. The number of nitrogens with zero attached hydrogens (tertiary/aromatic N) is 1. The van der Waals surface area contributed by atoms with Crippen LogP contribution in [0.1, 0.15) is 36.8 Å². The summed E-state index contributed by atoms with van der Waals surface area (Å²) >= 11 is 0. The smallest absolute Gasteiger partial charge is 0.491 e. The summed E-state index contributed by atoms with van der Waals surface area (Å²) in [4.78, 5) is 38.2. The van der Waals surface area contributed by atoms with Gasteiger partial charge in [0, 0.05) is 48.7 Å². The van der Waals surface area contributed by atoms with Crippen molar-refractivity contribution >= 4 is 29.2 Å². The molecule has 0 saturated carbocycles. The number of imide groups is 1. The number of alkyl halides is 3. The van der Waals surface area contributed by atoms with Gasteiger partial charge < -0.3 is 25.0 Å². The predicted molar refractivity (Wildman–Crippen MR) is 127 cm³/mol. The number of rotatable bonds is 5. The Bertz CT molecular complexity index is 1350. The van der Waals surface area contributed by atoms with Gasteiger partial charge in [-0.2, -0.15) is 0 Å². The number of fused-ring (bicyclic) bond motifs is 1. The number of carbonyl (C=O) groups excluding carboxylic acids is 3. The number of urea groups is 1. The van der Waals surface area contributed by atoms with Crippen LogP contribution in [0.2, 0.25) is 0 Å². The minimum atomic E-state index is -4.98. The van der Waals surface area contributed by atoms with Crippen LogP contribution in [0.3, 0.4) is 0 Å². The quantitative estimate of drug-likeness (QED) is 0.384. The third-order valence-electron chi connectivity index (χ3n) is 7.05. The van der Waals surface area contributed by atoms with Gasteiger partial charge in [-0.1, -0.05) is 0 Å². The summed E-state index contributed by atoms with van der Waals surface area (Å²) in [5, 5.41) is 7.05. The lowest BCUT2D eigenvalue weighted by atomic mass is 9.85. The van der Waals surface area contributed by atoms with E-state index < -0.39 is 59.2 Å². The molecule has 3 atom stereocenters. The maximum Gasteiger partial charge on any atom is 0.573 e. The average Bonchev–Trinajstić information content (AvgIpc) is 3.33. The molecule has 9 nitrogen and oxygen atoms in total. The van der Waals surface area contributed by atoms with Gasteiger partial charge in [0.25, 0.3) is 0 Å². The first-order valence-corrected chi connectivity index (χ1v) is 12.1. The molecule has 2 aromatic rings. The van der Waals surface area contributed by atoms with E-state index in [4.69, 9.17) is 4.74 Å². The fourth-order valence-electron chi connectivity index (χ4n) is 5.13. The van der Waals surface area contributed by atoms with Gasteiger partial charge in [-0.05, 0) is 25.5 Å². The second kappa shape index (κ2) is 9.89. The molecule has 208 valence electrons. The van der Waals surface area contributed by atoms with Crippen LogP contribution in [0.4, 0.5) is 38.1 Å². The zero-order valence-electron chi connectivity index (χ0n) is 20.5. The van der Waals surface area contributed by atoms with Crippen LogP contribution in [0, 0.1) is 11.6 Å². The molecule has 0 radical (unpaired) electrons. The van der Waals surface area contributed by atoms with E-state index in [1.54, 1.807) is 11.8 Å². The SMILES string of the molecule is C[C@H]1[C@@H](NC(=O)Nc2cc(OC(F)(F)F)ccc2F)CN1c1cc(F)c([C@H]2CCC(=O)NC2=O)c2c1OCC2. The van der Waals surface area contributed by atoms with Crippen molar-refractivity contribution in [2.75, 3.05) is 23.4 Å². The molecule has 5 rings (SSSR count). The van der Waals surface area contributed by atoms with E-state index in [1.807, 2.05) is 0 Å². The second-order valence-corrected chi connectivity index (χ2v) is 9.49. The molecule has 39 heavy (non-hydrogen) atoms. The molecule has 3 heterocycles. The number of ether oxygens (including phenoxy) is 2. The zero-order chi connectivity index (χ0) is 28.1. The number of hydrogen-bond acceptors (Lipinski definition) is 6. The van der Waals surface area contributed by atoms with E-state index in [0.717, 1.165) is 12.1 Å². The summed E-state index contributed by atoms with van der Waals surface area (Å²) in [6, 6.07) is 1.84. The van der Waals surface area contributed by atoms with Crippen molar-refractivity contribution < 1.29 is 45.8 Å². The van der Waals surface area contributed by atoms with Crippen molar-refractivity contribution in [2.24, 2.45) is 0 Å². The van der Waals surface area contributed by atoms with E-state index in [2.05, 4.69) is 20.7 Å². The molecule has 14 heteroatoms. The molecule has 3 N–H and O–H groups in total. The maximum atomic E-state index is 15.4. The molecular weight excluding hydrogens is 531 g/mol. The Morgan fingerprint density at radius 3 is 2.62 bits per heavy atom. The molecule has 0 bridgehead atoms. The van der Waals surface area contributed by atoms with Crippen molar-refractivity contribution in [1.82, 2.24) is 10.6 Å². The summed E-state index contributed by atoms with van der Waals surface area (Å²) in [6.45, 7) is 2.29. The Morgan fingerprint density at radius 2 is 1.92 bits per heavy atom. The summed E-state index contributed by atoms with van der Waals surface area (Å²) in [7, 11) is 0. The minimum Gasteiger partial charge on any atom is -0.491 e. The Morgan fingerprint density at radius 1 is 1.15 bits per heavy atom. The highest BCUT2D eigenvalue weighted by Crippen LogP contribution is 2.46. The normalized spacial score (nSPS) is 22.4. The van der Waals surface area contributed by atoms with Gasteiger partial charge in [-0.25, -0.2) is 13.6 Å². The van der Waals surface area contributed by atoms with E-state index in [0.29, 0.717) is 36.1 Å². The Labute approximate surface area is 218 Å². The summed E-state index contributed by atoms with van der Waals surface area (Å²) < 4.78 is 76.3. The number of benzene rings is 2. The third-order valence-corrected chi connectivity index (χ3v) is 7.05. The van der Waals surface area contributed by atoms with Gasteiger partial charge in [0.05, 0.1) is 29.9 Å². The standard InChI is InChI=1S/C25H23F5N4O5/c1-11-18(32-24(37)31-17-8-12(2-4-15(17)26)39-25(28,29)30)10-34(11)19-9-16(27)21(13-6-7-38-22(13)19)14-3-5-20(35)33-23(14)36/h2,4,8-9,11,14,18H,3,5-7,10H2,1H3,(H2,31,32,37)(H,33,35,36)/t11-,14+,18-/m0/s1. The van der Waals surface area contributed by atoms with Crippen molar-refractivity contribution in [3.8, 4) is 11.5 Å². The number of amides is 4. The molecule has 0 aromatic heterocycles. The fourth-order valence-corrected chi connectivity index (χ4v) is 5.13. The number of nitrogens with one attached hydrogen (secondary N) is 3. The summed E-state index contributed by atoms with van der Waals surface area (Å²) in [5.74, 6) is -3.56. The van der Waals surface area contributed by atoms with Crippen LogP contribution in [0.15, 0.2) is 24.3 Å². The number of hydrogen-bond donors (Lipinski definition) is 3. The van der Waals surface area contributed by atoms with Crippen LogP contribution in [0.5, 0.6) is 11.5 Å². The van der Waals surface area contributed by atoms with Crippen molar-refractivity contribution in [2.45, 2.75) is 50.6 Å². The third kappa shape index (κ3) is 5.27. The van der Waals surface area contributed by atoms with Gasteiger partial charge in [0.15, 0.2) is 0 Å². The molecule has 2 saturated heterocycles. The molecule has 0 aliphatic carbocycles. The van der Waals surface area contributed by atoms with Gasteiger partial charge in [-0.15, -0.1) is 13.2 Å². The van der Waals surface area contributed by atoms with Crippen molar-refractivity contribution in [1.29, 1.82) is 0 Å². The van der Waals surface area contributed by atoms with Gasteiger partial charge in [-0.3, -0.25) is 14.9 Å². The average molecular weight is 554 g/mol. The van der Waals surface area contributed by atoms with Crippen LogP contribution in [-0.2, 0) is 16.0 Å². The van der Waals surface area contributed by atoms with Crippen LogP contribution in [-0.4, -0.2) is 49.4 Å². The molecule has 3 aliphatic heterocycles. The lowest BCUT2D eigenvalue weighted by Crippen LogP contribution is -2.66. The molecule has 2 fully saturated rings. The molecule has 4 amide bonds. The van der Waals surface area contributed by atoms with E-state index in [9.17, 15) is 31.9 Å². The highest BCUT2D eigenvalue weighted by molar-refractivity contribution is 6.01. The van der Waals surface area contributed by atoms with Crippen LogP contribution >= 0.6 is 0 Å². The predicted octanol–water partition coefficient (Wildman–Crippen LogP) is 3.72. The monoisotopic (exact) mass is 554 g/mol. The fraction of sp³-hybridized carbons (Fsp3) is 0.400. The maximum absolute atomic E-state index is 15.4. The molecule has 3 aliphatic rings. The van der Waals surface area contributed by atoms with E-state index >= 15 is 4.39 Å². The molecular formula is C25H23F5N4O5. The van der Waals surface area contributed by atoms with E-state index in [-0.39, 0.29) is 31.0 Å². The number of carbonyl (C=O) groups is 3. The Kier molecular flexibility index (Phi) is 6.72. The second-order valence-electron chi connectivity index (χ2n) is 9.49. The van der Waals surface area contributed by atoms with Gasteiger partial charge in [0.2, 0.25) is 11.8 Å². The largest absolute Gasteiger partial charge is 0.573 e. The lowest BCUT2D eigenvalue weighted by molar-refractivity contribution is -0.274. The highest BCUT2D eigenvalue weighted by atomic mass is 19.4. The van der Waals surface area contributed by atoms with Crippen molar-refractivity contribution in [3.05, 3.63) is 47.0 Å². The van der Waals surface area contributed by atoms with Gasteiger partial charge >= 0.3 is 12.4 Å². The minimum absolute atomic E-state index is 0.106. The molecule has 0 unspecified atom stereocenters.